The van der Waals surface area contributed by atoms with Crippen LogP contribution < -0.4 is 5.32 Å². The van der Waals surface area contributed by atoms with E-state index in [0.29, 0.717) is 32.5 Å². The van der Waals surface area contributed by atoms with Crippen LogP contribution in [0.4, 0.5) is 8.78 Å². The van der Waals surface area contributed by atoms with Gasteiger partial charge in [0.15, 0.2) is 0 Å². The molecule has 138 valence electrons. The van der Waals surface area contributed by atoms with Gasteiger partial charge in [-0.1, -0.05) is 0 Å². The Kier molecular flexibility index (Phi) is 5.34. The van der Waals surface area contributed by atoms with Crippen molar-refractivity contribution in [3.63, 3.8) is 0 Å². The molecular weight excluding hydrogens is 330 g/mol. The minimum Gasteiger partial charge on any atom is -0.356 e. The van der Waals surface area contributed by atoms with E-state index in [-0.39, 0.29) is 18.2 Å². The molecule has 2 aliphatic rings. The van der Waals surface area contributed by atoms with Crippen molar-refractivity contribution in [2.24, 2.45) is 11.8 Å². The van der Waals surface area contributed by atoms with E-state index in [0.717, 1.165) is 25.1 Å². The molecule has 1 saturated heterocycles. The van der Waals surface area contributed by atoms with Crippen molar-refractivity contribution < 1.29 is 18.4 Å². The molecule has 2 atom stereocenters. The Balaban J connectivity index is 1.36. The third-order valence-corrected chi connectivity index (χ3v) is 5.02. The zero-order valence-corrected chi connectivity index (χ0v) is 14.1. The fraction of sp³-hybridized carbons (Fsp3) is 0.706. The van der Waals surface area contributed by atoms with Crippen molar-refractivity contribution in [2.75, 3.05) is 19.6 Å². The highest BCUT2D eigenvalue weighted by Crippen LogP contribution is 2.49. The number of halogens is 2. The lowest BCUT2D eigenvalue weighted by molar-refractivity contribution is -0.134. The summed E-state index contributed by atoms with van der Waals surface area (Å²) in [4.78, 5) is 32.6. The van der Waals surface area contributed by atoms with Gasteiger partial charge in [0.25, 0.3) is 5.92 Å². The number of hydrogen-bond donors (Lipinski definition) is 2. The SMILES string of the molecule is O=C(CCc1ncc[nH]1)NCC1CCCN(C(=O)[C@H]2CC2(F)F)CC1. The highest BCUT2D eigenvalue weighted by molar-refractivity contribution is 5.83. The van der Waals surface area contributed by atoms with Gasteiger partial charge in [-0.2, -0.15) is 0 Å². The van der Waals surface area contributed by atoms with E-state index in [1.54, 1.807) is 17.3 Å². The Morgan fingerprint density at radius 1 is 1.36 bits per heavy atom. The number of aromatic amines is 1. The van der Waals surface area contributed by atoms with Gasteiger partial charge in [-0.15, -0.1) is 0 Å². The number of nitrogens with one attached hydrogen (secondary N) is 2. The summed E-state index contributed by atoms with van der Waals surface area (Å²) in [6.45, 7) is 1.60. The molecule has 1 unspecified atom stereocenters. The smallest absolute Gasteiger partial charge is 0.260 e. The van der Waals surface area contributed by atoms with Crippen molar-refractivity contribution in [1.82, 2.24) is 20.2 Å². The second-order valence-corrected chi connectivity index (χ2v) is 6.98. The van der Waals surface area contributed by atoms with Crippen LogP contribution >= 0.6 is 0 Å². The van der Waals surface area contributed by atoms with Crippen LogP contribution in [0.15, 0.2) is 12.4 Å². The molecule has 1 aliphatic carbocycles. The van der Waals surface area contributed by atoms with E-state index < -0.39 is 17.7 Å². The predicted octanol–water partition coefficient (Wildman–Crippen LogP) is 1.74. The minimum atomic E-state index is -2.80. The third kappa shape index (κ3) is 4.76. The monoisotopic (exact) mass is 354 g/mol. The molecule has 2 N–H and O–H groups in total. The van der Waals surface area contributed by atoms with Gasteiger partial charge in [0.1, 0.15) is 11.7 Å². The number of amides is 2. The number of rotatable bonds is 6. The van der Waals surface area contributed by atoms with Crippen molar-refractivity contribution in [3.05, 3.63) is 18.2 Å². The van der Waals surface area contributed by atoms with Crippen LogP contribution in [0.25, 0.3) is 0 Å². The van der Waals surface area contributed by atoms with Crippen LogP contribution in [0, 0.1) is 11.8 Å². The van der Waals surface area contributed by atoms with Gasteiger partial charge in [-0.25, -0.2) is 13.8 Å². The lowest BCUT2D eigenvalue weighted by Gasteiger charge is -2.20. The molecule has 0 radical (unpaired) electrons. The fourth-order valence-electron chi connectivity index (χ4n) is 3.30. The standard InChI is InChI=1S/C17H24F2N4O2/c18-17(19)10-13(17)16(25)23-8-1-2-12(5-9-23)11-22-15(24)4-3-14-20-6-7-21-14/h6-7,12-13H,1-5,8-11H2,(H,20,21)(H,22,24)/t12?,13-/m1/s1. The normalized spacial score (nSPS) is 25.3. The number of hydrogen-bond acceptors (Lipinski definition) is 3. The Bertz CT molecular complexity index is 606. The maximum atomic E-state index is 13.1. The van der Waals surface area contributed by atoms with Crippen LogP contribution in [0.3, 0.4) is 0 Å². The molecule has 6 nitrogen and oxygen atoms in total. The molecule has 8 heteroatoms. The summed E-state index contributed by atoms with van der Waals surface area (Å²) < 4.78 is 26.1. The molecule has 2 amide bonds. The summed E-state index contributed by atoms with van der Waals surface area (Å²) >= 11 is 0. The van der Waals surface area contributed by atoms with Gasteiger partial charge >= 0.3 is 0 Å². The molecule has 1 aliphatic heterocycles. The number of aromatic nitrogens is 2. The lowest BCUT2D eigenvalue weighted by Crippen LogP contribution is -2.35. The molecule has 0 bridgehead atoms. The second-order valence-electron chi connectivity index (χ2n) is 6.98. The average Bonchev–Trinajstić information content (AvgIpc) is 3.02. The van der Waals surface area contributed by atoms with Crippen molar-refractivity contribution >= 4 is 11.8 Å². The molecule has 0 spiro atoms. The Hall–Kier alpha value is -1.99. The van der Waals surface area contributed by atoms with E-state index in [9.17, 15) is 18.4 Å². The zero-order valence-electron chi connectivity index (χ0n) is 14.1. The first kappa shape index (κ1) is 17.8. The van der Waals surface area contributed by atoms with Crippen molar-refractivity contribution in [1.29, 1.82) is 0 Å². The van der Waals surface area contributed by atoms with Crippen LogP contribution in [-0.2, 0) is 16.0 Å². The number of imidazole rings is 1. The number of aryl methyl sites for hydroxylation is 1. The number of nitrogens with zero attached hydrogens (tertiary/aromatic N) is 2. The maximum Gasteiger partial charge on any atom is 0.260 e. The topological polar surface area (TPSA) is 78.1 Å². The first-order valence-corrected chi connectivity index (χ1v) is 8.87. The lowest BCUT2D eigenvalue weighted by atomic mass is 10.0. The molecule has 3 rings (SSSR count). The van der Waals surface area contributed by atoms with E-state index in [4.69, 9.17) is 0 Å². The van der Waals surface area contributed by atoms with Crippen LogP contribution in [0.5, 0.6) is 0 Å². The van der Waals surface area contributed by atoms with Gasteiger partial charge in [-0.05, 0) is 25.2 Å². The van der Waals surface area contributed by atoms with Gasteiger partial charge in [0, 0.05) is 51.3 Å². The summed E-state index contributed by atoms with van der Waals surface area (Å²) in [7, 11) is 0. The fourth-order valence-corrected chi connectivity index (χ4v) is 3.30. The predicted molar refractivity (Wildman–Crippen MR) is 86.9 cm³/mol. The first-order chi connectivity index (χ1) is 12.0. The Labute approximate surface area is 145 Å². The van der Waals surface area contributed by atoms with Crippen LogP contribution in [0.1, 0.15) is 37.9 Å². The van der Waals surface area contributed by atoms with Crippen LogP contribution in [0.2, 0.25) is 0 Å². The van der Waals surface area contributed by atoms with Crippen LogP contribution in [-0.4, -0.2) is 52.2 Å². The zero-order chi connectivity index (χ0) is 17.9. The molecule has 2 heterocycles. The number of carbonyl (C=O) groups is 2. The van der Waals surface area contributed by atoms with Gasteiger partial charge in [0.05, 0.1) is 0 Å². The van der Waals surface area contributed by atoms with E-state index in [1.807, 2.05) is 0 Å². The summed E-state index contributed by atoms with van der Waals surface area (Å²) in [6, 6.07) is 0. The summed E-state index contributed by atoms with van der Waals surface area (Å²) in [5, 5.41) is 2.93. The molecule has 2 fully saturated rings. The first-order valence-electron chi connectivity index (χ1n) is 8.87. The average molecular weight is 354 g/mol. The Morgan fingerprint density at radius 3 is 2.84 bits per heavy atom. The molecule has 0 aromatic carbocycles. The molecule has 25 heavy (non-hydrogen) atoms. The summed E-state index contributed by atoms with van der Waals surface area (Å²) in [5.41, 5.74) is 0. The summed E-state index contributed by atoms with van der Waals surface area (Å²) in [6.07, 6.45) is 6.44. The molecule has 1 aromatic rings. The quantitative estimate of drug-likeness (QED) is 0.817. The summed E-state index contributed by atoms with van der Waals surface area (Å²) in [5.74, 6) is -3.27. The van der Waals surface area contributed by atoms with Gasteiger partial charge in [0.2, 0.25) is 11.8 Å². The number of likely N-dealkylation sites (tertiary alicyclic amines) is 1. The molecule has 1 aromatic heterocycles. The third-order valence-electron chi connectivity index (χ3n) is 5.02. The minimum absolute atomic E-state index is 0.0220. The van der Waals surface area contributed by atoms with E-state index in [2.05, 4.69) is 15.3 Å². The largest absolute Gasteiger partial charge is 0.356 e. The molecular formula is C17H24F2N4O2. The van der Waals surface area contributed by atoms with Gasteiger partial charge in [-0.3, -0.25) is 9.59 Å². The Morgan fingerprint density at radius 2 is 2.16 bits per heavy atom. The molecule has 1 saturated carbocycles. The second kappa shape index (κ2) is 7.49. The van der Waals surface area contributed by atoms with Crippen molar-refractivity contribution in [2.45, 2.75) is 44.4 Å². The number of carbonyl (C=O) groups excluding carboxylic acids is 2. The number of H-pyrrole nitrogens is 1. The highest BCUT2D eigenvalue weighted by atomic mass is 19.3. The maximum absolute atomic E-state index is 13.1. The highest BCUT2D eigenvalue weighted by Gasteiger charge is 2.62. The van der Waals surface area contributed by atoms with Crippen molar-refractivity contribution in [3.8, 4) is 0 Å². The van der Waals surface area contributed by atoms with E-state index >= 15 is 0 Å². The van der Waals surface area contributed by atoms with E-state index in [1.165, 1.54) is 0 Å². The number of alkyl halides is 2. The van der Waals surface area contributed by atoms with Gasteiger partial charge < -0.3 is 15.2 Å².